The Hall–Kier alpha value is -13.4. The van der Waals surface area contributed by atoms with Crippen LogP contribution in [-0.2, 0) is 11.3 Å². The van der Waals surface area contributed by atoms with Crippen LogP contribution in [0.4, 0.5) is 0 Å². The Morgan fingerprint density at radius 1 is 0.333 bits per heavy atom. The highest BCUT2D eigenvalue weighted by Crippen LogP contribution is 2.31. The molecule has 0 fully saturated rings. The largest absolute Gasteiger partial charge is 0.497 e. The van der Waals surface area contributed by atoms with Gasteiger partial charge in [0.2, 0.25) is 0 Å². The summed E-state index contributed by atoms with van der Waals surface area (Å²) in [6, 6.07) is 24.9. The number of ether oxygens (including phenoxy) is 5. The van der Waals surface area contributed by atoms with E-state index in [0.29, 0.717) is 22.8 Å². The van der Waals surface area contributed by atoms with Gasteiger partial charge in [0.25, 0.3) is 0 Å². The zero-order chi connectivity index (χ0) is 52.9. The minimum atomic E-state index is -0.256. The highest BCUT2D eigenvalue weighted by molar-refractivity contribution is 5.84. The summed E-state index contributed by atoms with van der Waals surface area (Å²) in [6.07, 6.45) is 14.8. The van der Waals surface area contributed by atoms with Crippen molar-refractivity contribution in [1.82, 2.24) is 0 Å². The first-order valence-electron chi connectivity index (χ1n) is 20.9. The van der Waals surface area contributed by atoms with Crippen molar-refractivity contribution in [2.24, 2.45) is 0 Å². The Kier molecular flexibility index (Phi) is 25.9. The Labute approximate surface area is 439 Å². The van der Waals surface area contributed by atoms with Crippen molar-refractivity contribution >= 4 is 10.8 Å². The van der Waals surface area contributed by atoms with Crippen LogP contribution in [0.25, 0.3) is 10.8 Å². The van der Waals surface area contributed by atoms with Crippen LogP contribution < -0.4 is 18.9 Å². The van der Waals surface area contributed by atoms with Crippen LogP contribution in [0.5, 0.6) is 23.0 Å². The third-order valence-electron chi connectivity index (χ3n) is 7.97. The zero-order valence-electron chi connectivity index (χ0n) is 39.5. The predicted octanol–water partition coefficient (Wildman–Crippen LogP) is 6.17. The van der Waals surface area contributed by atoms with Gasteiger partial charge in [-0.25, -0.2) is 0 Å². The highest BCUT2D eigenvalue weighted by Gasteiger charge is 2.14. The highest BCUT2D eigenvalue weighted by atomic mass is 16.5. The molecular formula is C70H24O5. The summed E-state index contributed by atoms with van der Waals surface area (Å²) in [5.74, 6) is 102. The summed E-state index contributed by atoms with van der Waals surface area (Å²) >= 11 is 0. The number of rotatable bonds is 9. The molecule has 5 nitrogen and oxygen atoms in total. The second-order valence-electron chi connectivity index (χ2n) is 12.7. The molecule has 0 radical (unpaired) electrons. The van der Waals surface area contributed by atoms with E-state index in [1.807, 2.05) is 54.6 Å². The van der Waals surface area contributed by atoms with Crippen LogP contribution in [0.15, 0.2) is 78.9 Å². The van der Waals surface area contributed by atoms with Crippen LogP contribution >= 0.6 is 0 Å². The number of fused-ring (bicyclic) bond motifs is 1. The number of hydrogen-bond donors (Lipinski definition) is 0. The fourth-order valence-electron chi connectivity index (χ4n) is 5.09. The molecule has 334 valence electrons. The van der Waals surface area contributed by atoms with Crippen molar-refractivity contribution in [3.05, 3.63) is 95.6 Å². The van der Waals surface area contributed by atoms with Crippen LogP contribution in [0.3, 0.4) is 0 Å². The van der Waals surface area contributed by atoms with Crippen LogP contribution in [0.2, 0.25) is 0 Å². The van der Waals surface area contributed by atoms with E-state index in [1.165, 1.54) is 0 Å². The molecule has 4 rings (SSSR count). The lowest BCUT2D eigenvalue weighted by molar-refractivity contribution is 0.136. The van der Waals surface area contributed by atoms with Gasteiger partial charge in [-0.1, -0.05) is 30.3 Å². The molecule has 0 saturated heterocycles. The maximum absolute atomic E-state index is 6.21. The van der Waals surface area contributed by atoms with Gasteiger partial charge in [-0.05, 0) is 165 Å². The Balaban J connectivity index is 1.42. The minimum Gasteiger partial charge on any atom is -0.497 e. The fraction of sp³-hybridized carbons (Fsp3) is 0.0571. The molecule has 0 amide bonds. The quantitative estimate of drug-likeness (QED) is 0.188. The summed E-state index contributed by atoms with van der Waals surface area (Å²) < 4.78 is 28.7. The first-order chi connectivity index (χ1) is 37.1. The van der Waals surface area contributed by atoms with Crippen LogP contribution in [0, 0.1) is 262 Å². The zero-order valence-corrected chi connectivity index (χ0v) is 39.5. The summed E-state index contributed by atoms with van der Waals surface area (Å²) in [5, 5.41) is 2.00. The molecule has 0 N–H and O–H groups in total. The first-order valence-corrected chi connectivity index (χ1v) is 20.9. The molecule has 1 unspecified atom stereocenters. The third kappa shape index (κ3) is 23.8. The number of benzene rings is 4. The average Bonchev–Trinajstić information content (AvgIpc) is 3.43. The number of terminal acetylenes is 2. The van der Waals surface area contributed by atoms with Crippen LogP contribution in [0.1, 0.15) is 22.8 Å². The van der Waals surface area contributed by atoms with Crippen molar-refractivity contribution in [3.8, 4) is 285 Å². The lowest BCUT2D eigenvalue weighted by atomic mass is 9.98. The molecule has 75 heavy (non-hydrogen) atoms. The lowest BCUT2D eigenvalue weighted by Crippen LogP contribution is -2.03. The topological polar surface area (TPSA) is 46.2 Å². The van der Waals surface area contributed by atoms with E-state index in [4.69, 9.17) is 36.5 Å². The maximum Gasteiger partial charge on any atom is 0.144 e. The molecule has 1 atom stereocenters. The van der Waals surface area contributed by atoms with Crippen molar-refractivity contribution in [1.29, 1.82) is 0 Å². The number of methoxy groups -OCH3 is 2. The number of hydrogen-bond acceptors (Lipinski definition) is 5. The van der Waals surface area contributed by atoms with Gasteiger partial charge in [-0.2, -0.15) is 0 Å². The lowest BCUT2D eigenvalue weighted by Gasteiger charge is -2.17. The smallest absolute Gasteiger partial charge is 0.144 e. The van der Waals surface area contributed by atoms with E-state index >= 15 is 0 Å². The van der Waals surface area contributed by atoms with E-state index in [9.17, 15) is 0 Å². The molecule has 0 aromatic heterocycles. The predicted molar refractivity (Wildman–Crippen MR) is 291 cm³/mol. The molecule has 0 aliphatic heterocycles. The molecule has 0 aliphatic carbocycles. The summed E-state index contributed by atoms with van der Waals surface area (Å²) in [4.78, 5) is 0. The van der Waals surface area contributed by atoms with Crippen molar-refractivity contribution in [3.63, 3.8) is 0 Å². The molecule has 0 bridgehead atoms. The van der Waals surface area contributed by atoms with Gasteiger partial charge in [0.1, 0.15) is 47.9 Å². The Bertz CT molecular complexity index is 4150. The maximum atomic E-state index is 6.21. The second-order valence-corrected chi connectivity index (χ2v) is 12.7. The van der Waals surface area contributed by atoms with Crippen molar-refractivity contribution < 1.29 is 23.7 Å². The normalized spacial score (nSPS) is 7.36. The molecule has 0 heterocycles. The standard InChI is InChI=1S/C70H24O5/c1-5-7-9-11-13-15-17-19-21-23-25-27-29-31-33-35-37-39-41-43-53-73-68-55-61(60-75-67-52-49-63-57-65(46-45-64(63)58-67)70(72-4)62-47-50-66(71-3)51-48-62)56-69(59-68)74-54-44-42-40-38-36-34-32-30-28-26-24-22-20-18-16-14-12-10-8-6-2/h1-2,45-52,55-59,70H,60H2,3-4H3. The van der Waals surface area contributed by atoms with Gasteiger partial charge in [-0.15, -0.1) is 12.8 Å². The van der Waals surface area contributed by atoms with Gasteiger partial charge in [0.05, 0.1) is 7.11 Å². The molecule has 4 aromatic carbocycles. The summed E-state index contributed by atoms with van der Waals surface area (Å²) in [6.45, 7) is 0.151. The Morgan fingerprint density at radius 2 is 0.667 bits per heavy atom. The minimum absolute atomic E-state index is 0.151. The SMILES string of the molecule is C#CC#CC#CC#CC#CC#CC#CC#CC#CC#CC#COc1cc(COc2ccc3cc(C(OC)c4ccc(OC)cc4)ccc3c2)cc(OC#CC#CC#CC#CC#CC#CC#CC#CC#CC#CC#C)c1. The Morgan fingerprint density at radius 3 is 1.04 bits per heavy atom. The van der Waals surface area contributed by atoms with E-state index < -0.39 is 0 Å². The van der Waals surface area contributed by atoms with Crippen molar-refractivity contribution in [2.75, 3.05) is 14.2 Å². The average molecular weight is 945 g/mol. The van der Waals surface area contributed by atoms with Gasteiger partial charge in [0, 0.05) is 155 Å². The molecule has 4 aromatic rings. The first kappa shape index (κ1) is 54.2. The van der Waals surface area contributed by atoms with Gasteiger partial charge >= 0.3 is 0 Å². The van der Waals surface area contributed by atoms with E-state index in [0.717, 1.165) is 27.6 Å². The molecule has 0 aliphatic rings. The molecule has 0 saturated carbocycles. The summed E-state index contributed by atoms with van der Waals surface area (Å²) in [7, 11) is 3.32. The van der Waals surface area contributed by atoms with E-state index in [-0.39, 0.29) is 12.7 Å². The van der Waals surface area contributed by atoms with Crippen LogP contribution in [-0.4, -0.2) is 14.2 Å². The molecule has 5 heteroatoms. The monoisotopic (exact) mass is 944 g/mol. The van der Waals surface area contributed by atoms with E-state index in [1.54, 1.807) is 32.4 Å². The van der Waals surface area contributed by atoms with Gasteiger partial charge in [-0.3, -0.25) is 0 Å². The third-order valence-corrected chi connectivity index (χ3v) is 7.97. The van der Waals surface area contributed by atoms with Gasteiger partial charge < -0.3 is 23.7 Å². The van der Waals surface area contributed by atoms with E-state index in [2.05, 4.69) is 255 Å². The summed E-state index contributed by atoms with van der Waals surface area (Å²) in [5.41, 5.74) is 2.71. The van der Waals surface area contributed by atoms with Crippen molar-refractivity contribution in [2.45, 2.75) is 12.7 Å². The molecule has 0 spiro atoms. The molecular weight excluding hydrogens is 921 g/mol. The second kappa shape index (κ2) is 35.8. The van der Waals surface area contributed by atoms with Gasteiger partial charge in [0.15, 0.2) is 0 Å². The fourth-order valence-corrected chi connectivity index (χ4v) is 5.09.